The van der Waals surface area contributed by atoms with Gasteiger partial charge in [-0.3, -0.25) is 4.79 Å². The quantitative estimate of drug-likeness (QED) is 0.869. The lowest BCUT2D eigenvalue weighted by atomic mass is 10.0. The molecule has 0 fully saturated rings. The molecule has 0 amide bonds. The molecule has 0 aliphatic carbocycles. The summed E-state index contributed by atoms with van der Waals surface area (Å²) in [5.74, 6) is -0.353. The molecule has 0 unspecified atom stereocenters. The highest BCUT2D eigenvalue weighted by molar-refractivity contribution is 7.89. The van der Waals surface area contributed by atoms with Crippen LogP contribution in [0.3, 0.4) is 0 Å². The van der Waals surface area contributed by atoms with Crippen LogP contribution in [0, 0.1) is 6.92 Å². The van der Waals surface area contributed by atoms with Gasteiger partial charge in [-0.2, -0.15) is 0 Å². The molecule has 0 aromatic heterocycles. The standard InChI is InChI=1S/C14H13NO3S/c1-10-7-8-13(19(15,17)18)12(9-10)14(16)11-5-3-2-4-6-11/h2-9H,1H3,(H2,15,17,18). The molecule has 0 bridgehead atoms. The molecule has 0 spiro atoms. The Hall–Kier alpha value is -1.98. The molecular formula is C14H13NO3S. The van der Waals surface area contributed by atoms with Crippen molar-refractivity contribution in [1.29, 1.82) is 0 Å². The Morgan fingerprint density at radius 1 is 1.05 bits per heavy atom. The summed E-state index contributed by atoms with van der Waals surface area (Å²) in [6.45, 7) is 1.79. The number of carbonyl (C=O) groups excluding carboxylic acids is 1. The van der Waals surface area contributed by atoms with Crippen LogP contribution in [-0.4, -0.2) is 14.2 Å². The second-order valence-electron chi connectivity index (χ2n) is 4.24. The fraction of sp³-hybridized carbons (Fsp3) is 0.0714. The Labute approximate surface area is 111 Å². The summed E-state index contributed by atoms with van der Waals surface area (Å²) in [5, 5.41) is 5.14. The Balaban J connectivity index is 2.62. The van der Waals surface area contributed by atoms with Gasteiger partial charge in [0.25, 0.3) is 0 Å². The van der Waals surface area contributed by atoms with Gasteiger partial charge >= 0.3 is 0 Å². The van der Waals surface area contributed by atoms with Crippen molar-refractivity contribution in [2.45, 2.75) is 11.8 Å². The fourth-order valence-electron chi connectivity index (χ4n) is 1.81. The van der Waals surface area contributed by atoms with Gasteiger partial charge in [0.05, 0.1) is 4.90 Å². The number of carbonyl (C=O) groups is 1. The van der Waals surface area contributed by atoms with E-state index in [0.717, 1.165) is 5.56 Å². The third-order valence-corrected chi connectivity index (χ3v) is 3.69. The maximum atomic E-state index is 12.3. The second kappa shape index (κ2) is 4.95. The van der Waals surface area contributed by atoms with Gasteiger partial charge in [0.2, 0.25) is 10.0 Å². The Morgan fingerprint density at radius 2 is 1.68 bits per heavy atom. The van der Waals surface area contributed by atoms with Crippen LogP contribution in [0.2, 0.25) is 0 Å². The van der Waals surface area contributed by atoms with Crippen molar-refractivity contribution in [3.63, 3.8) is 0 Å². The smallest absolute Gasteiger partial charge is 0.238 e. The highest BCUT2D eigenvalue weighted by Crippen LogP contribution is 2.19. The Kier molecular flexibility index (Phi) is 3.50. The number of hydrogen-bond donors (Lipinski definition) is 1. The zero-order chi connectivity index (χ0) is 14.0. The van der Waals surface area contributed by atoms with Crippen LogP contribution < -0.4 is 5.14 Å². The summed E-state index contributed by atoms with van der Waals surface area (Å²) < 4.78 is 23.1. The SMILES string of the molecule is Cc1ccc(S(N)(=O)=O)c(C(=O)c2ccccc2)c1. The minimum Gasteiger partial charge on any atom is -0.289 e. The van der Waals surface area contributed by atoms with Crippen LogP contribution in [0.15, 0.2) is 53.4 Å². The van der Waals surface area contributed by atoms with Crippen molar-refractivity contribution in [3.05, 3.63) is 65.2 Å². The van der Waals surface area contributed by atoms with E-state index in [9.17, 15) is 13.2 Å². The predicted octanol–water partition coefficient (Wildman–Crippen LogP) is 1.87. The number of ketones is 1. The largest absolute Gasteiger partial charge is 0.289 e. The first-order valence-electron chi connectivity index (χ1n) is 5.63. The van der Waals surface area contributed by atoms with Crippen LogP contribution in [-0.2, 0) is 10.0 Å². The Morgan fingerprint density at radius 3 is 2.26 bits per heavy atom. The van der Waals surface area contributed by atoms with Gasteiger partial charge in [-0.1, -0.05) is 42.0 Å². The van der Waals surface area contributed by atoms with E-state index in [4.69, 9.17) is 5.14 Å². The molecule has 19 heavy (non-hydrogen) atoms. The van der Waals surface area contributed by atoms with Gasteiger partial charge in [-0.15, -0.1) is 0 Å². The third kappa shape index (κ3) is 2.89. The van der Waals surface area contributed by atoms with E-state index in [0.29, 0.717) is 5.56 Å². The Bertz CT molecular complexity index is 722. The average molecular weight is 275 g/mol. The van der Waals surface area contributed by atoms with E-state index in [2.05, 4.69) is 0 Å². The molecule has 0 aliphatic rings. The summed E-state index contributed by atoms with van der Waals surface area (Å²) in [6, 6.07) is 13.0. The summed E-state index contributed by atoms with van der Waals surface area (Å²) in [5.41, 5.74) is 1.33. The first-order chi connectivity index (χ1) is 8.89. The molecule has 98 valence electrons. The summed E-state index contributed by atoms with van der Waals surface area (Å²) in [7, 11) is -3.92. The van der Waals surface area contributed by atoms with Crippen LogP contribution >= 0.6 is 0 Å². The van der Waals surface area contributed by atoms with E-state index in [-0.39, 0.29) is 16.2 Å². The molecule has 0 saturated carbocycles. The molecule has 0 radical (unpaired) electrons. The molecular weight excluding hydrogens is 262 g/mol. The van der Waals surface area contributed by atoms with E-state index in [1.165, 1.54) is 12.1 Å². The number of sulfonamides is 1. The van der Waals surface area contributed by atoms with Crippen molar-refractivity contribution in [3.8, 4) is 0 Å². The number of nitrogens with two attached hydrogens (primary N) is 1. The minimum absolute atomic E-state index is 0.105. The zero-order valence-corrected chi connectivity index (χ0v) is 11.1. The van der Waals surface area contributed by atoms with Crippen LogP contribution in [0.1, 0.15) is 21.5 Å². The van der Waals surface area contributed by atoms with Crippen LogP contribution in [0.5, 0.6) is 0 Å². The number of rotatable bonds is 3. The molecule has 2 aromatic rings. The van der Waals surface area contributed by atoms with Gasteiger partial charge in [0.15, 0.2) is 5.78 Å². The molecule has 4 nitrogen and oxygen atoms in total. The van der Waals surface area contributed by atoms with Gasteiger partial charge in [-0.05, 0) is 19.1 Å². The van der Waals surface area contributed by atoms with E-state index < -0.39 is 10.0 Å². The maximum absolute atomic E-state index is 12.3. The first-order valence-corrected chi connectivity index (χ1v) is 7.17. The van der Waals surface area contributed by atoms with Crippen molar-refractivity contribution < 1.29 is 13.2 Å². The molecule has 2 N–H and O–H groups in total. The predicted molar refractivity (Wildman–Crippen MR) is 72.4 cm³/mol. The van der Waals surface area contributed by atoms with Crippen LogP contribution in [0.25, 0.3) is 0 Å². The van der Waals surface area contributed by atoms with E-state index in [1.54, 1.807) is 43.3 Å². The lowest BCUT2D eigenvalue weighted by Gasteiger charge is -2.08. The molecule has 0 heterocycles. The molecule has 5 heteroatoms. The molecule has 0 atom stereocenters. The van der Waals surface area contributed by atoms with E-state index >= 15 is 0 Å². The number of primary sulfonamides is 1. The first kappa shape index (κ1) is 13.5. The number of hydrogen-bond acceptors (Lipinski definition) is 3. The lowest BCUT2D eigenvalue weighted by molar-refractivity contribution is 0.103. The summed E-state index contributed by atoms with van der Waals surface area (Å²) in [6.07, 6.45) is 0. The van der Waals surface area contributed by atoms with Crippen molar-refractivity contribution in [1.82, 2.24) is 0 Å². The van der Waals surface area contributed by atoms with Gasteiger partial charge in [-0.25, -0.2) is 13.6 Å². The van der Waals surface area contributed by atoms with Crippen molar-refractivity contribution >= 4 is 15.8 Å². The highest BCUT2D eigenvalue weighted by Gasteiger charge is 2.20. The zero-order valence-electron chi connectivity index (χ0n) is 10.3. The minimum atomic E-state index is -3.92. The van der Waals surface area contributed by atoms with Crippen molar-refractivity contribution in [2.75, 3.05) is 0 Å². The maximum Gasteiger partial charge on any atom is 0.238 e. The monoisotopic (exact) mass is 275 g/mol. The lowest BCUT2D eigenvalue weighted by Crippen LogP contribution is -2.17. The van der Waals surface area contributed by atoms with Crippen molar-refractivity contribution in [2.24, 2.45) is 5.14 Å². The van der Waals surface area contributed by atoms with Gasteiger partial charge in [0, 0.05) is 11.1 Å². The average Bonchev–Trinajstić information content (AvgIpc) is 2.37. The summed E-state index contributed by atoms with van der Waals surface area (Å²) in [4.78, 5) is 12.2. The fourth-order valence-corrected chi connectivity index (χ4v) is 2.53. The second-order valence-corrected chi connectivity index (χ2v) is 5.77. The highest BCUT2D eigenvalue weighted by atomic mass is 32.2. The van der Waals surface area contributed by atoms with Gasteiger partial charge < -0.3 is 0 Å². The normalized spacial score (nSPS) is 11.3. The molecule has 2 aromatic carbocycles. The topological polar surface area (TPSA) is 77.2 Å². The molecule has 0 saturated heterocycles. The third-order valence-electron chi connectivity index (χ3n) is 2.72. The number of aryl methyl sites for hydroxylation is 1. The molecule has 2 rings (SSSR count). The summed E-state index contributed by atoms with van der Waals surface area (Å²) >= 11 is 0. The molecule has 0 aliphatic heterocycles. The van der Waals surface area contributed by atoms with E-state index in [1.807, 2.05) is 0 Å². The van der Waals surface area contributed by atoms with Crippen LogP contribution in [0.4, 0.5) is 0 Å². The van der Waals surface area contributed by atoms with Gasteiger partial charge in [0.1, 0.15) is 0 Å². The number of benzene rings is 2.